The molecule has 2 rings (SSSR count). The SMILES string of the molecule is Cc1oc(C)c(S(=O)(=O)NC2CCOC2C)c1C(=O)O. The predicted octanol–water partition coefficient (Wildman–Crippen LogP) is 1.05. The monoisotopic (exact) mass is 303 g/mol. The van der Waals surface area contributed by atoms with Crippen LogP contribution in [0.1, 0.15) is 35.2 Å². The molecule has 1 aromatic heterocycles. The molecule has 2 N–H and O–H groups in total. The molecule has 20 heavy (non-hydrogen) atoms. The first-order valence-corrected chi connectivity index (χ1v) is 7.69. The quantitative estimate of drug-likeness (QED) is 0.861. The molecule has 0 aromatic carbocycles. The zero-order valence-electron chi connectivity index (χ0n) is 11.5. The molecule has 2 unspecified atom stereocenters. The van der Waals surface area contributed by atoms with Crippen molar-refractivity contribution in [3.8, 4) is 0 Å². The Bertz CT molecular complexity index is 633. The number of hydrogen-bond donors (Lipinski definition) is 2. The van der Waals surface area contributed by atoms with Gasteiger partial charge in [0, 0.05) is 6.61 Å². The zero-order chi connectivity index (χ0) is 15.1. The number of furan rings is 1. The Morgan fingerprint density at radius 2 is 2.00 bits per heavy atom. The van der Waals surface area contributed by atoms with Gasteiger partial charge in [-0.05, 0) is 27.2 Å². The van der Waals surface area contributed by atoms with Gasteiger partial charge in [0.2, 0.25) is 10.0 Å². The zero-order valence-corrected chi connectivity index (χ0v) is 12.3. The van der Waals surface area contributed by atoms with Crippen LogP contribution in [0, 0.1) is 13.8 Å². The minimum atomic E-state index is -3.97. The number of aryl methyl sites for hydroxylation is 2. The first kappa shape index (κ1) is 15.0. The maximum absolute atomic E-state index is 12.4. The Morgan fingerprint density at radius 1 is 1.35 bits per heavy atom. The third-order valence-electron chi connectivity index (χ3n) is 3.37. The Balaban J connectivity index is 2.42. The molecular weight excluding hydrogens is 286 g/mol. The van der Waals surface area contributed by atoms with Gasteiger partial charge in [-0.3, -0.25) is 0 Å². The van der Waals surface area contributed by atoms with Crippen LogP contribution in [0.4, 0.5) is 0 Å². The lowest BCUT2D eigenvalue weighted by Gasteiger charge is -2.16. The van der Waals surface area contributed by atoms with Gasteiger partial charge in [-0.25, -0.2) is 17.9 Å². The van der Waals surface area contributed by atoms with E-state index in [9.17, 15) is 13.2 Å². The summed E-state index contributed by atoms with van der Waals surface area (Å²) in [7, 11) is -3.97. The van der Waals surface area contributed by atoms with Crippen molar-refractivity contribution in [1.29, 1.82) is 0 Å². The molecule has 7 nitrogen and oxygen atoms in total. The fourth-order valence-electron chi connectivity index (χ4n) is 2.38. The molecule has 0 aliphatic carbocycles. The normalized spacial score (nSPS) is 23.1. The smallest absolute Gasteiger partial charge is 0.340 e. The molecule has 1 fully saturated rings. The van der Waals surface area contributed by atoms with Crippen molar-refractivity contribution in [2.45, 2.75) is 44.2 Å². The Labute approximate surface area is 117 Å². The van der Waals surface area contributed by atoms with Gasteiger partial charge in [-0.1, -0.05) is 0 Å². The number of sulfonamides is 1. The van der Waals surface area contributed by atoms with E-state index in [1.165, 1.54) is 13.8 Å². The summed E-state index contributed by atoms with van der Waals surface area (Å²) < 4.78 is 37.7. The molecule has 0 saturated carbocycles. The minimum Gasteiger partial charge on any atom is -0.478 e. The van der Waals surface area contributed by atoms with Gasteiger partial charge < -0.3 is 14.3 Å². The number of nitrogens with one attached hydrogen (secondary N) is 1. The van der Waals surface area contributed by atoms with Crippen LogP contribution in [-0.2, 0) is 14.8 Å². The summed E-state index contributed by atoms with van der Waals surface area (Å²) in [5.41, 5.74) is -0.318. The van der Waals surface area contributed by atoms with E-state index in [0.29, 0.717) is 13.0 Å². The highest BCUT2D eigenvalue weighted by atomic mass is 32.2. The molecule has 0 amide bonds. The molecule has 2 heterocycles. The number of carbonyl (C=O) groups is 1. The van der Waals surface area contributed by atoms with Crippen LogP contribution < -0.4 is 4.72 Å². The fourth-order valence-corrected chi connectivity index (χ4v) is 4.12. The van der Waals surface area contributed by atoms with Gasteiger partial charge in [0.05, 0.1) is 12.1 Å². The summed E-state index contributed by atoms with van der Waals surface area (Å²) in [5, 5.41) is 9.16. The van der Waals surface area contributed by atoms with Gasteiger partial charge in [0.25, 0.3) is 0 Å². The second-order valence-corrected chi connectivity index (χ2v) is 6.47. The lowest BCUT2D eigenvalue weighted by Crippen LogP contribution is -2.39. The fraction of sp³-hybridized carbons (Fsp3) is 0.583. The lowest BCUT2D eigenvalue weighted by atomic mass is 10.2. The summed E-state index contributed by atoms with van der Waals surface area (Å²) in [5.74, 6) is -1.18. The van der Waals surface area contributed by atoms with Gasteiger partial charge in [0.1, 0.15) is 22.0 Å². The van der Waals surface area contributed by atoms with Crippen molar-refractivity contribution in [3.05, 3.63) is 17.1 Å². The van der Waals surface area contributed by atoms with E-state index < -0.39 is 16.0 Å². The molecule has 0 bridgehead atoms. The Kier molecular flexibility index (Phi) is 3.90. The van der Waals surface area contributed by atoms with Gasteiger partial charge in [-0.2, -0.15) is 0 Å². The Hall–Kier alpha value is -1.38. The minimum absolute atomic E-state index is 0.0685. The molecule has 8 heteroatoms. The number of hydrogen-bond acceptors (Lipinski definition) is 5. The Morgan fingerprint density at radius 3 is 2.50 bits per heavy atom. The number of carboxylic acids is 1. The average Bonchev–Trinajstić information content (AvgIpc) is 2.82. The highest BCUT2D eigenvalue weighted by Crippen LogP contribution is 2.27. The van der Waals surface area contributed by atoms with Crippen molar-refractivity contribution in [3.63, 3.8) is 0 Å². The molecular formula is C12H17NO6S. The van der Waals surface area contributed by atoms with Crippen LogP contribution in [0.15, 0.2) is 9.31 Å². The number of rotatable bonds is 4. The van der Waals surface area contributed by atoms with E-state index >= 15 is 0 Å². The summed E-state index contributed by atoms with van der Waals surface area (Å²) >= 11 is 0. The van der Waals surface area contributed by atoms with E-state index in [1.807, 2.05) is 0 Å². The van der Waals surface area contributed by atoms with Crippen LogP contribution in [0.2, 0.25) is 0 Å². The predicted molar refractivity (Wildman–Crippen MR) is 69.3 cm³/mol. The maximum atomic E-state index is 12.4. The van der Waals surface area contributed by atoms with Gasteiger partial charge in [-0.15, -0.1) is 0 Å². The number of ether oxygens (including phenoxy) is 1. The first-order valence-electron chi connectivity index (χ1n) is 6.21. The van der Waals surface area contributed by atoms with E-state index in [-0.39, 0.29) is 34.1 Å². The summed E-state index contributed by atoms with van der Waals surface area (Å²) in [6.45, 7) is 5.11. The second-order valence-electron chi connectivity index (χ2n) is 4.82. The largest absolute Gasteiger partial charge is 0.478 e. The molecule has 2 atom stereocenters. The van der Waals surface area contributed by atoms with Crippen molar-refractivity contribution in [2.75, 3.05) is 6.61 Å². The highest BCUT2D eigenvalue weighted by Gasteiger charge is 2.35. The summed E-state index contributed by atoms with van der Waals surface area (Å²) in [6.07, 6.45) is 0.310. The molecule has 1 saturated heterocycles. The van der Waals surface area contributed by atoms with Crippen LogP contribution in [-0.4, -0.2) is 38.2 Å². The highest BCUT2D eigenvalue weighted by molar-refractivity contribution is 7.89. The molecule has 0 radical (unpaired) electrons. The van der Waals surface area contributed by atoms with E-state index in [0.717, 1.165) is 0 Å². The average molecular weight is 303 g/mol. The van der Waals surface area contributed by atoms with E-state index in [1.54, 1.807) is 6.92 Å². The van der Waals surface area contributed by atoms with Crippen LogP contribution in [0.25, 0.3) is 0 Å². The maximum Gasteiger partial charge on any atom is 0.340 e. The van der Waals surface area contributed by atoms with E-state index in [2.05, 4.69) is 4.72 Å². The molecule has 1 aliphatic heterocycles. The molecule has 1 aliphatic rings. The third-order valence-corrected chi connectivity index (χ3v) is 5.01. The van der Waals surface area contributed by atoms with Gasteiger partial charge in [0.15, 0.2) is 0 Å². The van der Waals surface area contributed by atoms with Crippen molar-refractivity contribution in [2.24, 2.45) is 0 Å². The topological polar surface area (TPSA) is 106 Å². The van der Waals surface area contributed by atoms with Crippen LogP contribution >= 0.6 is 0 Å². The van der Waals surface area contributed by atoms with Crippen molar-refractivity contribution >= 4 is 16.0 Å². The lowest BCUT2D eigenvalue weighted by molar-refractivity contribution is 0.0691. The first-order chi connectivity index (χ1) is 9.24. The molecule has 1 aromatic rings. The van der Waals surface area contributed by atoms with Crippen LogP contribution in [0.3, 0.4) is 0 Å². The number of carboxylic acid groups (broad SMARTS) is 1. The van der Waals surface area contributed by atoms with Crippen LogP contribution in [0.5, 0.6) is 0 Å². The standard InChI is InChI=1S/C12H17NO6S/c1-6-9(4-5-18-6)13-20(16,17)11-8(3)19-7(2)10(11)12(14)15/h6,9,13H,4-5H2,1-3H3,(H,14,15). The van der Waals surface area contributed by atoms with Crippen molar-refractivity contribution in [1.82, 2.24) is 4.72 Å². The third kappa shape index (κ3) is 2.58. The van der Waals surface area contributed by atoms with Gasteiger partial charge >= 0.3 is 5.97 Å². The van der Waals surface area contributed by atoms with Crippen molar-refractivity contribution < 1.29 is 27.5 Å². The molecule has 112 valence electrons. The number of aromatic carboxylic acids is 1. The second kappa shape index (κ2) is 5.19. The summed E-state index contributed by atoms with van der Waals surface area (Å²) in [6, 6.07) is -0.365. The van der Waals surface area contributed by atoms with E-state index in [4.69, 9.17) is 14.3 Å². The molecule has 0 spiro atoms. The summed E-state index contributed by atoms with van der Waals surface area (Å²) in [4.78, 5) is 10.9.